The van der Waals surface area contributed by atoms with Gasteiger partial charge in [0.2, 0.25) is 0 Å². The summed E-state index contributed by atoms with van der Waals surface area (Å²) in [6, 6.07) is 0. The molecule has 2 aliphatic rings. The fourth-order valence-electron chi connectivity index (χ4n) is 3.98. The molecule has 0 amide bonds. The van der Waals surface area contributed by atoms with E-state index in [4.69, 9.17) is 16.6 Å². The van der Waals surface area contributed by atoms with Gasteiger partial charge in [0.25, 0.3) is 0 Å². The van der Waals surface area contributed by atoms with Gasteiger partial charge < -0.3 is 11.6 Å². The Kier molecular flexibility index (Phi) is 4.18. The molecule has 0 spiro atoms. The van der Waals surface area contributed by atoms with Gasteiger partial charge in [0.1, 0.15) is 11.6 Å². The van der Waals surface area contributed by atoms with Gasteiger partial charge in [-0.1, -0.05) is 51.4 Å². The number of rotatable bonds is 3. The Labute approximate surface area is 121 Å². The summed E-state index contributed by atoms with van der Waals surface area (Å²) in [6.07, 6.45) is 14.2. The number of aromatic nitrogens is 2. The predicted molar refractivity (Wildman–Crippen MR) is 82.9 cm³/mol. The van der Waals surface area contributed by atoms with Crippen LogP contribution in [0.5, 0.6) is 0 Å². The molecular weight excluding hydrogens is 248 g/mol. The van der Waals surface area contributed by atoms with Crippen LogP contribution in [0.3, 0.4) is 0 Å². The molecule has 0 saturated heterocycles. The minimum Gasteiger partial charge on any atom is -0.382 e. The average molecular weight is 276 g/mol. The van der Waals surface area contributed by atoms with Crippen LogP contribution in [0.15, 0.2) is 0 Å². The van der Waals surface area contributed by atoms with E-state index in [1.54, 1.807) is 4.68 Å². The van der Waals surface area contributed by atoms with Gasteiger partial charge >= 0.3 is 0 Å². The molecule has 2 saturated carbocycles. The minimum absolute atomic E-state index is 0.524. The molecule has 0 radical (unpaired) electrons. The second-order valence-corrected chi connectivity index (χ2v) is 6.72. The number of anilines is 1. The summed E-state index contributed by atoms with van der Waals surface area (Å²) in [5.41, 5.74) is 7.26. The topological polar surface area (TPSA) is 69.9 Å². The van der Waals surface area contributed by atoms with Crippen LogP contribution in [0.2, 0.25) is 0 Å². The average Bonchev–Trinajstić information content (AvgIpc) is 2.78. The first-order valence-electron chi connectivity index (χ1n) is 8.37. The maximum absolute atomic E-state index is 6.20. The van der Waals surface area contributed by atoms with Crippen LogP contribution in [0.4, 0.5) is 5.82 Å². The molecule has 0 unspecified atom stereocenters. The van der Waals surface area contributed by atoms with Gasteiger partial charge in [-0.3, -0.25) is 0 Å². The summed E-state index contributed by atoms with van der Waals surface area (Å²) >= 11 is 0. The molecule has 0 atom stereocenters. The van der Waals surface area contributed by atoms with E-state index in [-0.39, 0.29) is 0 Å². The Bertz CT molecular complexity index is 440. The van der Waals surface area contributed by atoms with Crippen molar-refractivity contribution in [2.45, 2.75) is 76.5 Å². The molecule has 4 nitrogen and oxygen atoms in total. The second kappa shape index (κ2) is 6.06. The molecule has 1 aromatic rings. The summed E-state index contributed by atoms with van der Waals surface area (Å²) in [4.78, 5) is 4.84. The first-order chi connectivity index (χ1) is 9.75. The minimum atomic E-state index is 0.524. The van der Waals surface area contributed by atoms with E-state index in [0.717, 1.165) is 23.9 Å². The number of nitrogens with zero attached hydrogens (tertiary/aromatic N) is 2. The largest absolute Gasteiger partial charge is 0.382 e. The molecule has 0 bridgehead atoms. The molecule has 2 fully saturated rings. The van der Waals surface area contributed by atoms with Gasteiger partial charge in [0.05, 0.1) is 5.69 Å². The van der Waals surface area contributed by atoms with Crippen molar-refractivity contribution in [1.29, 1.82) is 0 Å². The zero-order valence-electron chi connectivity index (χ0n) is 12.5. The summed E-state index contributed by atoms with van der Waals surface area (Å²) < 4.78 is 1.67. The van der Waals surface area contributed by atoms with Crippen molar-refractivity contribution >= 4 is 5.82 Å². The Balaban J connectivity index is 1.74. The maximum Gasteiger partial charge on any atom is 0.146 e. The highest BCUT2D eigenvalue weighted by Crippen LogP contribution is 2.34. The number of hydrogen-bond acceptors (Lipinski definition) is 3. The molecule has 4 N–H and O–H groups in total. The first kappa shape index (κ1) is 13.8. The molecule has 0 aromatic carbocycles. The lowest BCUT2D eigenvalue weighted by molar-refractivity contribution is 0.354. The van der Waals surface area contributed by atoms with E-state index < -0.39 is 0 Å². The molecule has 1 aromatic heterocycles. The van der Waals surface area contributed by atoms with Crippen LogP contribution in [0, 0.1) is 5.92 Å². The van der Waals surface area contributed by atoms with Gasteiger partial charge in [-0.15, -0.1) is 0 Å². The van der Waals surface area contributed by atoms with Crippen molar-refractivity contribution in [2.75, 3.05) is 11.6 Å². The van der Waals surface area contributed by atoms with Crippen LogP contribution in [-0.2, 0) is 6.42 Å². The summed E-state index contributed by atoms with van der Waals surface area (Å²) in [6.45, 7) is 0. The number of hydrogen-bond donors (Lipinski definition) is 2. The smallest absolute Gasteiger partial charge is 0.146 e. The SMILES string of the molecule is Nc1c(CC2CCCCC2)nc(C2CCCCC2)n1N. The number of nitrogens with two attached hydrogens (primary N) is 2. The van der Waals surface area contributed by atoms with Crippen molar-refractivity contribution in [3.05, 3.63) is 11.5 Å². The third-order valence-corrected chi connectivity index (χ3v) is 5.23. The van der Waals surface area contributed by atoms with Crippen molar-refractivity contribution < 1.29 is 0 Å². The fourth-order valence-corrected chi connectivity index (χ4v) is 3.98. The molecule has 1 heterocycles. The van der Waals surface area contributed by atoms with Crippen LogP contribution in [0.25, 0.3) is 0 Å². The van der Waals surface area contributed by atoms with Crippen molar-refractivity contribution in [3.63, 3.8) is 0 Å². The Morgan fingerprint density at radius 1 is 0.950 bits per heavy atom. The number of imidazole rings is 1. The molecule has 112 valence electrons. The lowest BCUT2D eigenvalue weighted by atomic mass is 9.86. The van der Waals surface area contributed by atoms with Gasteiger partial charge in [0.15, 0.2) is 0 Å². The molecular formula is C16H28N4. The Morgan fingerprint density at radius 3 is 2.20 bits per heavy atom. The van der Waals surface area contributed by atoms with E-state index in [9.17, 15) is 0 Å². The van der Waals surface area contributed by atoms with Gasteiger partial charge in [-0.05, 0) is 25.2 Å². The van der Waals surface area contributed by atoms with Crippen molar-refractivity contribution in [3.8, 4) is 0 Å². The highest BCUT2D eigenvalue weighted by molar-refractivity contribution is 5.39. The summed E-state index contributed by atoms with van der Waals surface area (Å²) in [5, 5.41) is 0. The third kappa shape index (κ3) is 2.79. The van der Waals surface area contributed by atoms with E-state index in [1.807, 2.05) is 0 Å². The third-order valence-electron chi connectivity index (χ3n) is 5.23. The van der Waals surface area contributed by atoms with E-state index in [2.05, 4.69) is 0 Å². The molecule has 3 rings (SSSR count). The van der Waals surface area contributed by atoms with Gasteiger partial charge in [-0.25, -0.2) is 9.66 Å². The summed E-state index contributed by atoms with van der Waals surface area (Å²) in [5.74, 6) is 9.20. The molecule has 0 aliphatic heterocycles. The van der Waals surface area contributed by atoms with E-state index in [0.29, 0.717) is 11.7 Å². The van der Waals surface area contributed by atoms with E-state index >= 15 is 0 Å². The van der Waals surface area contributed by atoms with Gasteiger partial charge in [0, 0.05) is 5.92 Å². The second-order valence-electron chi connectivity index (χ2n) is 6.72. The lowest BCUT2D eigenvalue weighted by Gasteiger charge is -2.21. The normalized spacial score (nSPS) is 22.2. The zero-order valence-corrected chi connectivity index (χ0v) is 12.5. The first-order valence-corrected chi connectivity index (χ1v) is 8.37. The quantitative estimate of drug-likeness (QED) is 0.832. The predicted octanol–water partition coefficient (Wildman–Crippen LogP) is 3.35. The highest BCUT2D eigenvalue weighted by atomic mass is 15.4. The van der Waals surface area contributed by atoms with E-state index in [1.165, 1.54) is 64.2 Å². The zero-order chi connectivity index (χ0) is 13.9. The lowest BCUT2D eigenvalue weighted by Crippen LogP contribution is -2.19. The van der Waals surface area contributed by atoms with Crippen LogP contribution < -0.4 is 11.6 Å². The Hall–Kier alpha value is -1.19. The molecule has 4 heteroatoms. The fraction of sp³-hybridized carbons (Fsp3) is 0.812. The van der Waals surface area contributed by atoms with Crippen molar-refractivity contribution in [1.82, 2.24) is 9.66 Å². The Morgan fingerprint density at radius 2 is 1.55 bits per heavy atom. The van der Waals surface area contributed by atoms with Gasteiger partial charge in [-0.2, -0.15) is 0 Å². The standard InChI is InChI=1S/C16H28N4/c17-15-14(11-12-7-3-1-4-8-12)19-16(20(15)18)13-9-5-2-6-10-13/h12-13H,1-11,17-18H2. The summed E-state index contributed by atoms with van der Waals surface area (Å²) in [7, 11) is 0. The monoisotopic (exact) mass is 276 g/mol. The van der Waals surface area contributed by atoms with Crippen LogP contribution in [-0.4, -0.2) is 9.66 Å². The van der Waals surface area contributed by atoms with Crippen molar-refractivity contribution in [2.24, 2.45) is 5.92 Å². The number of nitrogen functional groups attached to an aromatic ring is 2. The van der Waals surface area contributed by atoms with Crippen LogP contribution >= 0.6 is 0 Å². The molecule has 2 aliphatic carbocycles. The molecule has 20 heavy (non-hydrogen) atoms. The van der Waals surface area contributed by atoms with Crippen LogP contribution in [0.1, 0.15) is 81.6 Å². The highest BCUT2D eigenvalue weighted by Gasteiger charge is 2.25. The maximum atomic E-state index is 6.20.